The van der Waals surface area contributed by atoms with Crippen molar-refractivity contribution in [3.05, 3.63) is 62.1 Å². The second-order valence-corrected chi connectivity index (χ2v) is 6.17. The molecule has 0 heterocycles. The minimum absolute atomic E-state index is 0.0880. The minimum Gasteiger partial charge on any atom is -0.480 e. The summed E-state index contributed by atoms with van der Waals surface area (Å²) in [7, 11) is 0. The van der Waals surface area contributed by atoms with E-state index in [0.717, 1.165) is 0 Å². The molecular formula is C17H14Cl2N2O6. The number of non-ortho nitro benzene ring substituents is 1. The Morgan fingerprint density at radius 2 is 1.89 bits per heavy atom. The molecule has 1 amide bonds. The van der Waals surface area contributed by atoms with Crippen LogP contribution in [-0.4, -0.2) is 30.0 Å². The Morgan fingerprint density at radius 3 is 2.52 bits per heavy atom. The molecule has 0 saturated carbocycles. The maximum Gasteiger partial charge on any atom is 0.344 e. The molecule has 0 saturated heterocycles. The predicted octanol–water partition coefficient (Wildman–Crippen LogP) is 3.77. The Balaban J connectivity index is 1.81. The first-order valence-corrected chi connectivity index (χ1v) is 8.30. The zero-order valence-corrected chi connectivity index (χ0v) is 15.5. The van der Waals surface area contributed by atoms with Gasteiger partial charge in [0.25, 0.3) is 11.6 Å². The predicted molar refractivity (Wildman–Crippen MR) is 99.4 cm³/mol. The number of benzene rings is 2. The molecule has 142 valence electrons. The van der Waals surface area contributed by atoms with Crippen LogP contribution in [0.5, 0.6) is 5.75 Å². The van der Waals surface area contributed by atoms with Gasteiger partial charge in [0.05, 0.1) is 9.95 Å². The first-order valence-electron chi connectivity index (χ1n) is 7.54. The number of ether oxygens (including phenoxy) is 2. The van der Waals surface area contributed by atoms with Gasteiger partial charge in [0.15, 0.2) is 13.2 Å². The molecule has 2 aromatic rings. The van der Waals surface area contributed by atoms with E-state index in [-0.39, 0.29) is 16.5 Å². The van der Waals surface area contributed by atoms with Crippen molar-refractivity contribution in [1.29, 1.82) is 0 Å². The molecule has 0 atom stereocenters. The van der Waals surface area contributed by atoms with Crippen molar-refractivity contribution in [1.82, 2.24) is 0 Å². The molecule has 0 aliphatic carbocycles. The average Bonchev–Trinajstić information content (AvgIpc) is 2.60. The molecule has 2 aromatic carbocycles. The van der Waals surface area contributed by atoms with Gasteiger partial charge in [-0.05, 0) is 36.8 Å². The van der Waals surface area contributed by atoms with E-state index in [0.29, 0.717) is 16.3 Å². The van der Waals surface area contributed by atoms with Crippen molar-refractivity contribution in [3.8, 4) is 5.75 Å². The summed E-state index contributed by atoms with van der Waals surface area (Å²) in [5.74, 6) is -1.11. The van der Waals surface area contributed by atoms with Gasteiger partial charge in [0, 0.05) is 22.8 Å². The van der Waals surface area contributed by atoms with Crippen LogP contribution in [0.2, 0.25) is 10.0 Å². The lowest BCUT2D eigenvalue weighted by molar-refractivity contribution is -0.384. The monoisotopic (exact) mass is 412 g/mol. The molecule has 1 N–H and O–H groups in total. The van der Waals surface area contributed by atoms with Gasteiger partial charge in [-0.25, -0.2) is 4.79 Å². The smallest absolute Gasteiger partial charge is 0.344 e. The number of carbonyl (C=O) groups excluding carboxylic acids is 2. The van der Waals surface area contributed by atoms with Gasteiger partial charge in [0.2, 0.25) is 0 Å². The Bertz CT molecular complexity index is 888. The van der Waals surface area contributed by atoms with E-state index >= 15 is 0 Å². The number of hydrogen-bond acceptors (Lipinski definition) is 6. The molecule has 0 aromatic heterocycles. The Kier molecular flexibility index (Phi) is 6.98. The summed E-state index contributed by atoms with van der Waals surface area (Å²) in [6, 6.07) is 8.50. The second-order valence-electron chi connectivity index (χ2n) is 5.33. The van der Waals surface area contributed by atoms with Gasteiger partial charge in [-0.1, -0.05) is 23.2 Å². The number of hydrogen-bond donors (Lipinski definition) is 1. The summed E-state index contributed by atoms with van der Waals surface area (Å²) in [6.45, 7) is 0.635. The van der Waals surface area contributed by atoms with E-state index in [9.17, 15) is 19.7 Å². The number of nitrogens with zero attached hydrogens (tertiary/aromatic N) is 1. The zero-order valence-electron chi connectivity index (χ0n) is 14.0. The highest BCUT2D eigenvalue weighted by Crippen LogP contribution is 2.27. The topological polar surface area (TPSA) is 108 Å². The van der Waals surface area contributed by atoms with Crippen molar-refractivity contribution >= 4 is 46.5 Å². The van der Waals surface area contributed by atoms with Crippen LogP contribution in [-0.2, 0) is 14.3 Å². The molecule has 0 spiro atoms. The molecule has 10 heteroatoms. The summed E-state index contributed by atoms with van der Waals surface area (Å²) >= 11 is 11.7. The second kappa shape index (κ2) is 9.20. The van der Waals surface area contributed by atoms with E-state index in [4.69, 9.17) is 32.7 Å². The highest BCUT2D eigenvalue weighted by atomic mass is 35.5. The summed E-state index contributed by atoms with van der Waals surface area (Å²) < 4.78 is 10.0. The Morgan fingerprint density at radius 1 is 1.15 bits per heavy atom. The van der Waals surface area contributed by atoms with Gasteiger partial charge < -0.3 is 14.8 Å². The number of nitro benzene ring substituents is 1. The van der Waals surface area contributed by atoms with E-state index in [1.807, 2.05) is 0 Å². The number of rotatable bonds is 7. The summed E-state index contributed by atoms with van der Waals surface area (Å²) in [5, 5.41) is 13.9. The fraction of sp³-hybridized carbons (Fsp3) is 0.176. The molecule has 0 unspecified atom stereocenters. The number of aryl methyl sites for hydroxylation is 1. The fourth-order valence-corrected chi connectivity index (χ4v) is 2.47. The molecule has 0 bridgehead atoms. The Hall–Kier alpha value is -2.84. The van der Waals surface area contributed by atoms with E-state index in [1.165, 1.54) is 30.3 Å². The molecule has 27 heavy (non-hydrogen) atoms. The normalized spacial score (nSPS) is 10.2. The van der Waals surface area contributed by atoms with Gasteiger partial charge in [-0.3, -0.25) is 14.9 Å². The van der Waals surface area contributed by atoms with Crippen LogP contribution in [0.25, 0.3) is 0 Å². The van der Waals surface area contributed by atoms with Gasteiger partial charge in [0.1, 0.15) is 5.75 Å². The Labute approximate surface area is 164 Å². The number of nitro groups is 1. The van der Waals surface area contributed by atoms with Crippen LogP contribution in [0, 0.1) is 17.0 Å². The summed E-state index contributed by atoms with van der Waals surface area (Å²) in [6.07, 6.45) is 0. The maximum atomic E-state index is 11.9. The first-order chi connectivity index (χ1) is 12.8. The molecule has 0 fully saturated rings. The maximum absolute atomic E-state index is 11.9. The van der Waals surface area contributed by atoms with Crippen molar-refractivity contribution in [2.45, 2.75) is 6.92 Å². The highest BCUT2D eigenvalue weighted by molar-refractivity contribution is 6.35. The van der Waals surface area contributed by atoms with Crippen molar-refractivity contribution in [2.24, 2.45) is 0 Å². The molecule has 0 radical (unpaired) electrons. The lowest BCUT2D eigenvalue weighted by Gasteiger charge is -2.10. The van der Waals surface area contributed by atoms with Crippen molar-refractivity contribution < 1.29 is 24.0 Å². The molecular weight excluding hydrogens is 399 g/mol. The third-order valence-corrected chi connectivity index (χ3v) is 3.83. The van der Waals surface area contributed by atoms with E-state index < -0.39 is 30.0 Å². The van der Waals surface area contributed by atoms with Crippen molar-refractivity contribution in [3.63, 3.8) is 0 Å². The van der Waals surface area contributed by atoms with Crippen LogP contribution < -0.4 is 10.1 Å². The molecule has 2 rings (SSSR count). The van der Waals surface area contributed by atoms with E-state index in [2.05, 4.69) is 5.32 Å². The van der Waals surface area contributed by atoms with Crippen molar-refractivity contribution in [2.75, 3.05) is 18.5 Å². The third-order valence-electron chi connectivity index (χ3n) is 3.30. The van der Waals surface area contributed by atoms with Crippen LogP contribution in [0.4, 0.5) is 11.4 Å². The largest absolute Gasteiger partial charge is 0.480 e. The van der Waals surface area contributed by atoms with E-state index in [1.54, 1.807) is 13.0 Å². The number of nitrogens with one attached hydrogen (secondary N) is 1. The lowest BCUT2D eigenvalue weighted by Crippen LogP contribution is -2.24. The van der Waals surface area contributed by atoms with Gasteiger partial charge >= 0.3 is 5.97 Å². The molecule has 8 nitrogen and oxygen atoms in total. The number of esters is 1. The van der Waals surface area contributed by atoms with Gasteiger partial charge in [-0.15, -0.1) is 0 Å². The first kappa shape index (κ1) is 20.5. The summed E-state index contributed by atoms with van der Waals surface area (Å²) in [4.78, 5) is 33.7. The average molecular weight is 413 g/mol. The lowest BCUT2D eigenvalue weighted by atomic mass is 10.2. The van der Waals surface area contributed by atoms with Crippen LogP contribution in [0.3, 0.4) is 0 Å². The molecule has 0 aliphatic rings. The molecule has 0 aliphatic heterocycles. The summed E-state index contributed by atoms with van der Waals surface area (Å²) in [5.41, 5.74) is 0.797. The van der Waals surface area contributed by atoms with Crippen LogP contribution in [0.15, 0.2) is 36.4 Å². The van der Waals surface area contributed by atoms with Gasteiger partial charge in [-0.2, -0.15) is 0 Å². The number of halogens is 2. The fourth-order valence-electron chi connectivity index (χ4n) is 2.00. The minimum atomic E-state index is -0.767. The standard InChI is InChI=1S/C17H14Cl2N2O6/c1-10-6-12(21(24)25)3-4-14(10)20-16(22)8-27-17(23)9-26-15-5-2-11(18)7-13(15)19/h2-7H,8-9H2,1H3,(H,20,22). The quantitative estimate of drug-likeness (QED) is 0.421. The number of carbonyl (C=O) groups is 2. The SMILES string of the molecule is Cc1cc([N+](=O)[O-])ccc1NC(=O)COC(=O)COc1ccc(Cl)cc1Cl. The zero-order chi connectivity index (χ0) is 20.0. The van der Waals surface area contributed by atoms with Crippen LogP contribution in [0.1, 0.15) is 5.56 Å². The highest BCUT2D eigenvalue weighted by Gasteiger charge is 2.13. The number of anilines is 1. The third kappa shape index (κ3) is 6.12. The number of amides is 1. The van der Waals surface area contributed by atoms with Crippen LogP contribution >= 0.6 is 23.2 Å².